The van der Waals surface area contributed by atoms with Crippen molar-refractivity contribution in [3.05, 3.63) is 12.2 Å². The molecule has 3 rings (SSSR count). The fraction of sp³-hybridized carbons (Fsp3) is 0.667. The molecule has 3 nitrogen and oxygen atoms in total. The molecular formula is C12H15NO2. The van der Waals surface area contributed by atoms with Gasteiger partial charge < -0.3 is 5.32 Å². The summed E-state index contributed by atoms with van der Waals surface area (Å²) < 4.78 is 0. The van der Waals surface area contributed by atoms with Gasteiger partial charge in [-0.3, -0.25) is 9.59 Å². The molecule has 0 radical (unpaired) electrons. The smallest absolute Gasteiger partial charge is 0.217 e. The number of fused-ring (bicyclic) bond motifs is 5. The Kier molecular flexibility index (Phi) is 1.79. The highest BCUT2D eigenvalue weighted by Crippen LogP contribution is 2.53. The highest BCUT2D eigenvalue weighted by Gasteiger charge is 2.55. The molecule has 3 aliphatic carbocycles. The molecule has 15 heavy (non-hydrogen) atoms. The number of ketones is 1. The number of carbonyl (C=O) groups excluding carboxylic acids is 2. The molecule has 5 atom stereocenters. The second kappa shape index (κ2) is 2.94. The minimum atomic E-state index is -0.0137. The molecule has 2 fully saturated rings. The van der Waals surface area contributed by atoms with E-state index in [1.165, 1.54) is 6.92 Å². The molecule has 1 N–H and O–H groups in total. The van der Waals surface area contributed by atoms with Gasteiger partial charge in [-0.1, -0.05) is 12.2 Å². The summed E-state index contributed by atoms with van der Waals surface area (Å²) in [6.07, 6.45) is 6.10. The van der Waals surface area contributed by atoms with Crippen LogP contribution in [0.4, 0.5) is 0 Å². The minimum Gasteiger partial charge on any atom is -0.353 e. The topological polar surface area (TPSA) is 46.2 Å². The lowest BCUT2D eigenvalue weighted by Crippen LogP contribution is -2.38. The fourth-order valence-electron chi connectivity index (χ4n) is 3.76. The number of allylic oxidation sites excluding steroid dienone is 2. The lowest BCUT2D eigenvalue weighted by atomic mass is 9.84. The zero-order valence-corrected chi connectivity index (χ0v) is 8.77. The monoisotopic (exact) mass is 205 g/mol. The summed E-state index contributed by atoms with van der Waals surface area (Å²) in [4.78, 5) is 22.9. The molecule has 0 saturated heterocycles. The third-order valence-corrected chi connectivity index (χ3v) is 4.17. The van der Waals surface area contributed by atoms with Gasteiger partial charge in [0.25, 0.3) is 0 Å². The predicted molar refractivity (Wildman–Crippen MR) is 54.9 cm³/mol. The van der Waals surface area contributed by atoms with Gasteiger partial charge in [0, 0.05) is 25.3 Å². The zero-order chi connectivity index (χ0) is 10.6. The fourth-order valence-corrected chi connectivity index (χ4v) is 3.76. The third-order valence-electron chi connectivity index (χ3n) is 4.17. The molecule has 2 bridgehead atoms. The standard InChI is InChI=1S/C12H15NO2/c1-6(14)13-9-5-10(15)12-8-3-2-7(4-8)11(9)12/h2-3,7-9,11-12H,4-5H2,1H3,(H,13,14)/t7-,8+,9+,11+,12-/m1/s1. The molecule has 0 spiro atoms. The molecule has 3 aliphatic rings. The molecule has 3 heteroatoms. The van der Waals surface area contributed by atoms with Crippen molar-refractivity contribution < 1.29 is 9.59 Å². The first kappa shape index (κ1) is 9.13. The summed E-state index contributed by atoms with van der Waals surface area (Å²) in [5.41, 5.74) is 0. The van der Waals surface area contributed by atoms with Crippen molar-refractivity contribution in [2.24, 2.45) is 23.7 Å². The van der Waals surface area contributed by atoms with Crippen LogP contribution >= 0.6 is 0 Å². The Morgan fingerprint density at radius 1 is 1.40 bits per heavy atom. The van der Waals surface area contributed by atoms with Crippen LogP contribution in [0.2, 0.25) is 0 Å². The maximum atomic E-state index is 11.9. The lowest BCUT2D eigenvalue weighted by Gasteiger charge is -2.24. The van der Waals surface area contributed by atoms with Gasteiger partial charge >= 0.3 is 0 Å². The van der Waals surface area contributed by atoms with Gasteiger partial charge in [0.2, 0.25) is 5.91 Å². The van der Waals surface area contributed by atoms with Crippen LogP contribution in [0.1, 0.15) is 19.8 Å². The lowest BCUT2D eigenvalue weighted by molar-refractivity contribution is -0.121. The Morgan fingerprint density at radius 3 is 2.87 bits per heavy atom. The van der Waals surface area contributed by atoms with Crippen molar-refractivity contribution >= 4 is 11.7 Å². The second-order valence-corrected chi connectivity index (χ2v) is 5.03. The van der Waals surface area contributed by atoms with Crippen molar-refractivity contribution in [3.63, 3.8) is 0 Å². The molecule has 0 unspecified atom stereocenters. The van der Waals surface area contributed by atoms with Crippen LogP contribution in [0.15, 0.2) is 12.2 Å². The number of hydrogen-bond donors (Lipinski definition) is 1. The summed E-state index contributed by atoms with van der Waals surface area (Å²) in [6.45, 7) is 1.53. The maximum Gasteiger partial charge on any atom is 0.217 e. The first-order chi connectivity index (χ1) is 7.16. The van der Waals surface area contributed by atoms with E-state index in [0.717, 1.165) is 6.42 Å². The first-order valence-corrected chi connectivity index (χ1v) is 5.65. The summed E-state index contributed by atoms with van der Waals surface area (Å²) in [5, 5.41) is 2.93. The molecule has 80 valence electrons. The van der Waals surface area contributed by atoms with E-state index in [4.69, 9.17) is 0 Å². The van der Waals surface area contributed by atoms with Gasteiger partial charge in [-0.25, -0.2) is 0 Å². The first-order valence-electron chi connectivity index (χ1n) is 5.65. The van der Waals surface area contributed by atoms with E-state index >= 15 is 0 Å². The Bertz CT molecular complexity index is 361. The van der Waals surface area contributed by atoms with Crippen molar-refractivity contribution in [1.29, 1.82) is 0 Å². The Hall–Kier alpha value is -1.12. The van der Waals surface area contributed by atoms with E-state index in [-0.39, 0.29) is 17.9 Å². The quantitative estimate of drug-likeness (QED) is 0.646. The van der Waals surface area contributed by atoms with Gasteiger partial charge in [-0.15, -0.1) is 0 Å². The van der Waals surface area contributed by atoms with E-state index in [0.29, 0.717) is 30.0 Å². The predicted octanol–water partition coefficient (Wildman–Crippen LogP) is 0.902. The van der Waals surface area contributed by atoms with Gasteiger partial charge in [-0.05, 0) is 24.2 Å². The van der Waals surface area contributed by atoms with Crippen LogP contribution in [0, 0.1) is 23.7 Å². The number of rotatable bonds is 1. The van der Waals surface area contributed by atoms with E-state index in [1.54, 1.807) is 0 Å². The number of nitrogens with one attached hydrogen (secondary N) is 1. The summed E-state index contributed by atoms with van der Waals surface area (Å²) in [5.74, 6) is 1.93. The number of carbonyl (C=O) groups is 2. The molecule has 0 aromatic heterocycles. The molecular weight excluding hydrogens is 190 g/mol. The van der Waals surface area contributed by atoms with Crippen molar-refractivity contribution in [1.82, 2.24) is 5.32 Å². The van der Waals surface area contributed by atoms with Crippen molar-refractivity contribution in [2.75, 3.05) is 0 Å². The maximum absolute atomic E-state index is 11.9. The number of hydrogen-bond acceptors (Lipinski definition) is 2. The zero-order valence-electron chi connectivity index (χ0n) is 8.77. The summed E-state index contributed by atoms with van der Waals surface area (Å²) in [6, 6.07) is 0.0972. The van der Waals surface area contributed by atoms with Gasteiger partial charge in [-0.2, -0.15) is 0 Å². The summed E-state index contributed by atoms with van der Waals surface area (Å²) in [7, 11) is 0. The Balaban J connectivity index is 1.87. The second-order valence-electron chi connectivity index (χ2n) is 5.03. The van der Waals surface area contributed by atoms with Crippen LogP contribution in [0.3, 0.4) is 0 Å². The van der Waals surface area contributed by atoms with Gasteiger partial charge in [0.05, 0.1) is 0 Å². The van der Waals surface area contributed by atoms with Crippen LogP contribution < -0.4 is 5.32 Å². The highest BCUT2D eigenvalue weighted by molar-refractivity contribution is 5.87. The van der Waals surface area contributed by atoms with E-state index < -0.39 is 0 Å². The SMILES string of the molecule is CC(=O)N[C@H]1CC(=O)[C@@H]2[C@H]1[C@@H]1C=C[C@H]2C1. The van der Waals surface area contributed by atoms with Gasteiger partial charge in [0.1, 0.15) is 5.78 Å². The Morgan fingerprint density at radius 2 is 2.13 bits per heavy atom. The van der Waals surface area contributed by atoms with E-state index in [9.17, 15) is 9.59 Å². The number of Topliss-reactive ketones (excluding diaryl/α,β-unsaturated/α-hetero) is 1. The number of amides is 1. The van der Waals surface area contributed by atoms with Crippen molar-refractivity contribution in [3.8, 4) is 0 Å². The highest BCUT2D eigenvalue weighted by atomic mass is 16.1. The third kappa shape index (κ3) is 1.18. The van der Waals surface area contributed by atoms with Crippen LogP contribution in [-0.2, 0) is 9.59 Å². The molecule has 2 saturated carbocycles. The molecule has 0 aromatic rings. The largest absolute Gasteiger partial charge is 0.353 e. The van der Waals surface area contributed by atoms with Crippen LogP contribution in [0.5, 0.6) is 0 Å². The molecule has 0 aromatic carbocycles. The molecule has 0 aliphatic heterocycles. The normalized spacial score (nSPS) is 45.9. The summed E-state index contributed by atoms with van der Waals surface area (Å²) >= 11 is 0. The van der Waals surface area contributed by atoms with Gasteiger partial charge in [0.15, 0.2) is 0 Å². The average Bonchev–Trinajstić information content (AvgIpc) is 2.78. The van der Waals surface area contributed by atoms with Crippen molar-refractivity contribution in [2.45, 2.75) is 25.8 Å². The average molecular weight is 205 g/mol. The van der Waals surface area contributed by atoms with E-state index in [2.05, 4.69) is 17.5 Å². The van der Waals surface area contributed by atoms with Crippen LogP contribution in [0.25, 0.3) is 0 Å². The van der Waals surface area contributed by atoms with E-state index in [1.807, 2.05) is 0 Å². The molecule has 1 amide bonds. The van der Waals surface area contributed by atoms with Crippen LogP contribution in [-0.4, -0.2) is 17.7 Å². The Labute approximate surface area is 88.9 Å². The minimum absolute atomic E-state index is 0.0137. The molecule has 0 heterocycles.